The van der Waals surface area contributed by atoms with Crippen LogP contribution in [0.2, 0.25) is 0 Å². The Labute approximate surface area is 167 Å². The number of benzene rings is 1. The number of carbonyl (C=O) groups is 2. The van der Waals surface area contributed by atoms with E-state index in [0.29, 0.717) is 17.6 Å². The maximum atomic E-state index is 13.2. The van der Waals surface area contributed by atoms with Crippen LogP contribution in [0.3, 0.4) is 0 Å². The lowest BCUT2D eigenvalue weighted by molar-refractivity contribution is -0.121. The highest BCUT2D eigenvalue weighted by atomic mass is 32.1. The van der Waals surface area contributed by atoms with Crippen molar-refractivity contribution in [1.82, 2.24) is 10.3 Å². The summed E-state index contributed by atoms with van der Waals surface area (Å²) in [6.07, 6.45) is 0.211. The molecule has 0 unspecified atom stereocenters. The quantitative estimate of drug-likeness (QED) is 0.629. The molecule has 5 nitrogen and oxygen atoms in total. The van der Waals surface area contributed by atoms with E-state index >= 15 is 0 Å². The molecule has 0 saturated carbocycles. The SMILES string of the molecule is CC(=O)N[C@@H](CC(=O)N(CC(C)C)c1nc2ccccc2s1)c1cccs1. The van der Waals surface area contributed by atoms with Gasteiger partial charge in [0.05, 0.1) is 22.7 Å². The summed E-state index contributed by atoms with van der Waals surface area (Å²) in [5.74, 6) is 0.133. The third-order valence-electron chi connectivity index (χ3n) is 4.01. The molecule has 0 aliphatic carbocycles. The first-order chi connectivity index (χ1) is 12.9. The van der Waals surface area contributed by atoms with E-state index in [2.05, 4.69) is 24.1 Å². The number of thiophene rings is 1. The fourth-order valence-electron chi connectivity index (χ4n) is 2.87. The Morgan fingerprint density at radius 1 is 1.19 bits per heavy atom. The average molecular weight is 402 g/mol. The molecule has 0 aliphatic heterocycles. The van der Waals surface area contributed by atoms with Gasteiger partial charge in [0.1, 0.15) is 0 Å². The molecular weight excluding hydrogens is 378 g/mol. The van der Waals surface area contributed by atoms with Crippen molar-refractivity contribution < 1.29 is 9.59 Å². The second kappa shape index (κ2) is 8.63. The predicted octanol–water partition coefficient (Wildman–Crippen LogP) is 4.61. The molecule has 3 aromatic rings. The van der Waals surface area contributed by atoms with Gasteiger partial charge in [-0.3, -0.25) is 14.5 Å². The van der Waals surface area contributed by atoms with E-state index in [1.807, 2.05) is 41.8 Å². The molecule has 2 aromatic heterocycles. The van der Waals surface area contributed by atoms with E-state index in [-0.39, 0.29) is 24.3 Å². The van der Waals surface area contributed by atoms with Crippen LogP contribution in [0.4, 0.5) is 5.13 Å². The first-order valence-corrected chi connectivity index (χ1v) is 10.6. The van der Waals surface area contributed by atoms with Crippen molar-refractivity contribution in [2.24, 2.45) is 5.92 Å². The highest BCUT2D eigenvalue weighted by Crippen LogP contribution is 2.31. The summed E-state index contributed by atoms with van der Waals surface area (Å²) in [4.78, 5) is 32.2. The number of hydrogen-bond acceptors (Lipinski definition) is 5. The number of carbonyl (C=O) groups excluding carboxylic acids is 2. The van der Waals surface area contributed by atoms with Gasteiger partial charge in [-0.05, 0) is 29.5 Å². The number of thiazole rings is 1. The number of nitrogens with zero attached hydrogens (tertiary/aromatic N) is 2. The van der Waals surface area contributed by atoms with Gasteiger partial charge < -0.3 is 5.32 Å². The minimum Gasteiger partial charge on any atom is -0.348 e. The Kier molecular flexibility index (Phi) is 6.23. The summed E-state index contributed by atoms with van der Waals surface area (Å²) in [7, 11) is 0. The van der Waals surface area contributed by atoms with Gasteiger partial charge in [0.2, 0.25) is 11.8 Å². The van der Waals surface area contributed by atoms with Crippen molar-refractivity contribution in [2.75, 3.05) is 11.4 Å². The molecule has 27 heavy (non-hydrogen) atoms. The molecule has 0 aliphatic rings. The topological polar surface area (TPSA) is 62.3 Å². The molecule has 2 amide bonds. The Morgan fingerprint density at radius 2 is 1.96 bits per heavy atom. The third-order valence-corrected chi connectivity index (χ3v) is 6.05. The molecule has 0 bridgehead atoms. The monoisotopic (exact) mass is 401 g/mol. The smallest absolute Gasteiger partial charge is 0.231 e. The summed E-state index contributed by atoms with van der Waals surface area (Å²) in [6.45, 7) is 6.23. The van der Waals surface area contributed by atoms with Crippen LogP contribution in [-0.4, -0.2) is 23.3 Å². The van der Waals surface area contributed by atoms with Crippen molar-refractivity contribution in [3.63, 3.8) is 0 Å². The number of para-hydroxylation sites is 1. The number of anilines is 1. The number of rotatable bonds is 7. The summed E-state index contributed by atoms with van der Waals surface area (Å²) in [6, 6.07) is 11.5. The highest BCUT2D eigenvalue weighted by Gasteiger charge is 2.25. The van der Waals surface area contributed by atoms with E-state index in [1.54, 1.807) is 16.2 Å². The van der Waals surface area contributed by atoms with Crippen molar-refractivity contribution in [1.29, 1.82) is 0 Å². The minimum absolute atomic E-state index is 0.0325. The molecule has 142 valence electrons. The van der Waals surface area contributed by atoms with Crippen molar-refractivity contribution >= 4 is 49.8 Å². The second-order valence-electron chi connectivity index (χ2n) is 6.84. The Balaban J connectivity index is 1.87. The Hall–Kier alpha value is -2.25. The van der Waals surface area contributed by atoms with E-state index in [4.69, 9.17) is 0 Å². The van der Waals surface area contributed by atoms with Gasteiger partial charge in [0.25, 0.3) is 0 Å². The number of fused-ring (bicyclic) bond motifs is 1. The predicted molar refractivity (Wildman–Crippen MR) is 112 cm³/mol. The summed E-state index contributed by atoms with van der Waals surface area (Å²) in [5.41, 5.74) is 0.899. The molecule has 0 radical (unpaired) electrons. The van der Waals surface area contributed by atoms with Gasteiger partial charge in [0.15, 0.2) is 5.13 Å². The summed E-state index contributed by atoms with van der Waals surface area (Å²) < 4.78 is 1.06. The Morgan fingerprint density at radius 3 is 2.59 bits per heavy atom. The van der Waals surface area contributed by atoms with E-state index in [0.717, 1.165) is 15.1 Å². The van der Waals surface area contributed by atoms with Crippen molar-refractivity contribution in [2.45, 2.75) is 33.2 Å². The number of amides is 2. The average Bonchev–Trinajstić information content (AvgIpc) is 3.27. The molecular formula is C20H23N3O2S2. The molecule has 1 aromatic carbocycles. The van der Waals surface area contributed by atoms with Crippen LogP contribution in [-0.2, 0) is 9.59 Å². The number of hydrogen-bond donors (Lipinski definition) is 1. The van der Waals surface area contributed by atoms with Crippen LogP contribution in [0.1, 0.15) is 38.1 Å². The van der Waals surface area contributed by atoms with Gasteiger partial charge in [0, 0.05) is 18.3 Å². The molecule has 2 heterocycles. The second-order valence-corrected chi connectivity index (χ2v) is 8.82. The summed E-state index contributed by atoms with van der Waals surface area (Å²) >= 11 is 3.07. The van der Waals surface area contributed by atoms with Gasteiger partial charge in [-0.25, -0.2) is 4.98 Å². The van der Waals surface area contributed by atoms with E-state index in [9.17, 15) is 9.59 Å². The molecule has 0 spiro atoms. The first-order valence-electron chi connectivity index (χ1n) is 8.90. The van der Waals surface area contributed by atoms with Gasteiger partial charge >= 0.3 is 0 Å². The lowest BCUT2D eigenvalue weighted by Gasteiger charge is -2.24. The van der Waals surface area contributed by atoms with Crippen LogP contribution >= 0.6 is 22.7 Å². The van der Waals surface area contributed by atoms with Gasteiger partial charge in [-0.15, -0.1) is 11.3 Å². The zero-order valence-corrected chi connectivity index (χ0v) is 17.3. The van der Waals surface area contributed by atoms with E-state index in [1.165, 1.54) is 18.3 Å². The lowest BCUT2D eigenvalue weighted by atomic mass is 10.1. The molecule has 1 atom stereocenters. The van der Waals surface area contributed by atoms with Crippen molar-refractivity contribution in [3.8, 4) is 0 Å². The van der Waals surface area contributed by atoms with Crippen LogP contribution in [0.5, 0.6) is 0 Å². The summed E-state index contributed by atoms with van der Waals surface area (Å²) in [5, 5.41) is 5.57. The van der Waals surface area contributed by atoms with Crippen molar-refractivity contribution in [3.05, 3.63) is 46.7 Å². The molecule has 0 fully saturated rings. The van der Waals surface area contributed by atoms with Gasteiger partial charge in [-0.2, -0.15) is 0 Å². The van der Waals surface area contributed by atoms with Crippen LogP contribution in [0.15, 0.2) is 41.8 Å². The zero-order valence-electron chi connectivity index (χ0n) is 15.6. The number of aromatic nitrogens is 1. The third kappa shape index (κ3) is 4.93. The van der Waals surface area contributed by atoms with Gasteiger partial charge in [-0.1, -0.05) is 43.4 Å². The maximum Gasteiger partial charge on any atom is 0.231 e. The fourth-order valence-corrected chi connectivity index (χ4v) is 4.64. The van der Waals surface area contributed by atoms with E-state index < -0.39 is 0 Å². The fraction of sp³-hybridized carbons (Fsp3) is 0.350. The zero-order chi connectivity index (χ0) is 19.4. The lowest BCUT2D eigenvalue weighted by Crippen LogP contribution is -2.37. The normalized spacial score (nSPS) is 12.3. The Bertz CT molecular complexity index is 885. The molecule has 0 saturated heterocycles. The highest BCUT2D eigenvalue weighted by molar-refractivity contribution is 7.22. The van der Waals surface area contributed by atoms with Crippen LogP contribution < -0.4 is 10.2 Å². The largest absolute Gasteiger partial charge is 0.348 e. The standard InChI is InChI=1S/C20H23N3O2S2/c1-13(2)12-23(20-22-15-7-4-5-8-18(15)27-20)19(25)11-16(21-14(3)24)17-9-6-10-26-17/h4-10,13,16H,11-12H2,1-3H3,(H,21,24)/t16-/m0/s1. The molecule has 7 heteroatoms. The van der Waals surface area contributed by atoms with Crippen LogP contribution in [0, 0.1) is 5.92 Å². The molecule has 3 rings (SSSR count). The first kappa shape index (κ1) is 19.5. The van der Waals surface area contributed by atoms with Crippen LogP contribution in [0.25, 0.3) is 10.2 Å². The number of nitrogens with one attached hydrogen (secondary N) is 1. The molecule has 1 N–H and O–H groups in total. The maximum absolute atomic E-state index is 13.2. The minimum atomic E-state index is -0.320.